The number of amides is 1. The summed E-state index contributed by atoms with van der Waals surface area (Å²) in [5.41, 5.74) is -0.687. The lowest BCUT2D eigenvalue weighted by Gasteiger charge is -2.22. The molecule has 1 fully saturated rings. The van der Waals surface area contributed by atoms with Crippen molar-refractivity contribution in [2.45, 2.75) is 36.7 Å². The maximum Gasteiger partial charge on any atom is 0.256 e. The van der Waals surface area contributed by atoms with Gasteiger partial charge in [0.1, 0.15) is 5.82 Å². The van der Waals surface area contributed by atoms with Crippen molar-refractivity contribution in [1.29, 1.82) is 0 Å². The zero-order chi connectivity index (χ0) is 14.0. The molecule has 0 radical (unpaired) electrons. The molecule has 0 aromatic heterocycles. The van der Waals surface area contributed by atoms with E-state index in [0.717, 1.165) is 6.42 Å². The van der Waals surface area contributed by atoms with Crippen LogP contribution in [0.3, 0.4) is 0 Å². The Hall–Kier alpha value is -1.07. The average molecular weight is 283 g/mol. The molecule has 5 heteroatoms. The first-order chi connectivity index (χ1) is 8.89. The number of nitrogens with zero attached hydrogens (tertiary/aromatic N) is 1. The van der Waals surface area contributed by atoms with Crippen molar-refractivity contribution in [3.8, 4) is 0 Å². The highest BCUT2D eigenvalue weighted by Crippen LogP contribution is 2.23. The molecule has 0 bridgehead atoms. The van der Waals surface area contributed by atoms with Crippen LogP contribution in [-0.2, 0) is 0 Å². The van der Waals surface area contributed by atoms with Crippen LogP contribution < -0.4 is 0 Å². The first kappa shape index (κ1) is 14.3. The number of hydrogen-bond acceptors (Lipinski definition) is 3. The van der Waals surface area contributed by atoms with Crippen molar-refractivity contribution >= 4 is 18.5 Å². The summed E-state index contributed by atoms with van der Waals surface area (Å²) in [7, 11) is 0. The van der Waals surface area contributed by atoms with Crippen LogP contribution in [0.4, 0.5) is 4.39 Å². The number of hydrogen-bond donors (Lipinski definition) is 2. The molecule has 1 heterocycles. The minimum absolute atomic E-state index is 0.0500. The molecule has 1 saturated heterocycles. The Bertz CT molecular complexity index is 490. The molecule has 1 aliphatic rings. The Morgan fingerprint density at radius 1 is 1.42 bits per heavy atom. The third-order valence-electron chi connectivity index (χ3n) is 3.53. The van der Waals surface area contributed by atoms with E-state index in [1.807, 2.05) is 0 Å². The first-order valence-corrected chi connectivity index (χ1v) is 6.84. The van der Waals surface area contributed by atoms with Gasteiger partial charge in [-0.05, 0) is 44.4 Å². The van der Waals surface area contributed by atoms with E-state index in [4.69, 9.17) is 0 Å². The van der Waals surface area contributed by atoms with Crippen molar-refractivity contribution in [3.63, 3.8) is 0 Å². The number of thiol groups is 1. The molecule has 1 N–H and O–H groups in total. The molecular weight excluding hydrogens is 265 g/mol. The monoisotopic (exact) mass is 283 g/mol. The summed E-state index contributed by atoms with van der Waals surface area (Å²) < 4.78 is 13.7. The molecule has 19 heavy (non-hydrogen) atoms. The fourth-order valence-electron chi connectivity index (χ4n) is 2.31. The van der Waals surface area contributed by atoms with Crippen molar-refractivity contribution in [2.75, 3.05) is 13.1 Å². The van der Waals surface area contributed by atoms with Crippen molar-refractivity contribution < 1.29 is 14.3 Å². The number of carbonyl (C=O) groups is 1. The maximum atomic E-state index is 13.7. The zero-order valence-corrected chi connectivity index (χ0v) is 11.8. The summed E-state index contributed by atoms with van der Waals surface area (Å²) in [6.07, 6.45) is 1.90. The summed E-state index contributed by atoms with van der Waals surface area (Å²) in [6.45, 7) is 2.77. The van der Waals surface area contributed by atoms with Gasteiger partial charge < -0.3 is 10.0 Å². The number of rotatable bonds is 1. The Morgan fingerprint density at radius 3 is 2.89 bits per heavy atom. The van der Waals surface area contributed by atoms with Crippen LogP contribution in [-0.4, -0.2) is 34.6 Å². The Kier molecular flexibility index (Phi) is 4.16. The minimum Gasteiger partial charge on any atom is -0.390 e. The lowest BCUT2D eigenvalue weighted by molar-refractivity contribution is 0.0437. The SMILES string of the molecule is CC1(O)CCCN(C(=O)c2cc(S)ccc2F)CC1. The average Bonchev–Trinajstić information content (AvgIpc) is 2.52. The number of halogens is 1. The Labute approximate surface area is 117 Å². The van der Waals surface area contributed by atoms with Crippen molar-refractivity contribution in [3.05, 3.63) is 29.6 Å². The maximum absolute atomic E-state index is 13.7. The van der Waals surface area contributed by atoms with Gasteiger partial charge in [-0.25, -0.2) is 4.39 Å². The Morgan fingerprint density at radius 2 is 2.16 bits per heavy atom. The number of benzene rings is 1. The van der Waals surface area contributed by atoms with Crippen LogP contribution in [0.5, 0.6) is 0 Å². The first-order valence-electron chi connectivity index (χ1n) is 6.39. The molecule has 3 nitrogen and oxygen atoms in total. The molecule has 2 rings (SSSR count). The van der Waals surface area contributed by atoms with Gasteiger partial charge in [-0.3, -0.25) is 4.79 Å². The largest absolute Gasteiger partial charge is 0.390 e. The normalized spacial score (nSPS) is 24.1. The quantitative estimate of drug-likeness (QED) is 0.777. The van der Waals surface area contributed by atoms with Gasteiger partial charge in [0.15, 0.2) is 0 Å². The second-order valence-corrected chi connectivity index (χ2v) is 5.82. The van der Waals surface area contributed by atoms with E-state index in [-0.39, 0.29) is 11.5 Å². The van der Waals surface area contributed by atoms with Crippen LogP contribution in [0.15, 0.2) is 23.1 Å². The van der Waals surface area contributed by atoms with E-state index in [1.165, 1.54) is 18.2 Å². The highest BCUT2D eigenvalue weighted by molar-refractivity contribution is 7.80. The summed E-state index contributed by atoms with van der Waals surface area (Å²) in [4.78, 5) is 14.5. The van der Waals surface area contributed by atoms with Gasteiger partial charge in [-0.2, -0.15) is 0 Å². The molecule has 1 aromatic carbocycles. The van der Waals surface area contributed by atoms with Crippen molar-refractivity contribution in [2.24, 2.45) is 0 Å². The smallest absolute Gasteiger partial charge is 0.256 e. The van der Waals surface area contributed by atoms with Crippen LogP contribution >= 0.6 is 12.6 Å². The lowest BCUT2D eigenvalue weighted by atomic mass is 9.98. The molecule has 1 atom stereocenters. The van der Waals surface area contributed by atoms with Crippen LogP contribution in [0.25, 0.3) is 0 Å². The fraction of sp³-hybridized carbons (Fsp3) is 0.500. The number of aliphatic hydroxyl groups is 1. The molecule has 104 valence electrons. The van der Waals surface area contributed by atoms with Crippen LogP contribution in [0.2, 0.25) is 0 Å². The standard InChI is InChI=1S/C14H18FNO2S/c1-14(18)5-2-7-16(8-6-14)13(17)11-9-10(19)3-4-12(11)15/h3-4,9,18-19H,2,5-8H2,1H3. The molecule has 1 amide bonds. The number of likely N-dealkylation sites (tertiary alicyclic amines) is 1. The predicted octanol–water partition coefficient (Wildman–Crippen LogP) is 2.49. The molecule has 1 unspecified atom stereocenters. The second-order valence-electron chi connectivity index (χ2n) is 5.31. The molecule has 0 spiro atoms. The highest BCUT2D eigenvalue weighted by Gasteiger charge is 2.28. The fourth-order valence-corrected chi connectivity index (χ4v) is 2.52. The molecule has 0 saturated carbocycles. The molecular formula is C14H18FNO2S. The lowest BCUT2D eigenvalue weighted by Crippen LogP contribution is -2.34. The third-order valence-corrected chi connectivity index (χ3v) is 3.81. The number of carbonyl (C=O) groups excluding carboxylic acids is 1. The summed E-state index contributed by atoms with van der Waals surface area (Å²) in [6, 6.07) is 4.22. The van der Waals surface area contributed by atoms with E-state index in [0.29, 0.717) is 30.8 Å². The third kappa shape index (κ3) is 3.48. The summed E-state index contributed by atoms with van der Waals surface area (Å²) in [5, 5.41) is 10.00. The van der Waals surface area contributed by atoms with E-state index < -0.39 is 11.4 Å². The minimum atomic E-state index is -0.737. The van der Waals surface area contributed by atoms with Gasteiger partial charge in [0.25, 0.3) is 5.91 Å². The van der Waals surface area contributed by atoms with Gasteiger partial charge in [-0.15, -0.1) is 12.6 Å². The van der Waals surface area contributed by atoms with Crippen LogP contribution in [0.1, 0.15) is 36.5 Å². The van der Waals surface area contributed by atoms with Crippen LogP contribution in [0, 0.1) is 5.82 Å². The van der Waals surface area contributed by atoms with Gasteiger partial charge in [-0.1, -0.05) is 0 Å². The zero-order valence-electron chi connectivity index (χ0n) is 10.9. The molecule has 1 aromatic rings. The molecule has 0 aliphatic carbocycles. The van der Waals surface area contributed by atoms with Crippen molar-refractivity contribution in [1.82, 2.24) is 4.90 Å². The van der Waals surface area contributed by atoms with E-state index >= 15 is 0 Å². The second kappa shape index (κ2) is 5.51. The van der Waals surface area contributed by atoms with E-state index in [1.54, 1.807) is 11.8 Å². The predicted molar refractivity (Wildman–Crippen MR) is 74.0 cm³/mol. The highest BCUT2D eigenvalue weighted by atomic mass is 32.1. The Balaban J connectivity index is 2.17. The van der Waals surface area contributed by atoms with Gasteiger partial charge in [0.05, 0.1) is 11.2 Å². The van der Waals surface area contributed by atoms with E-state index in [9.17, 15) is 14.3 Å². The van der Waals surface area contributed by atoms with Gasteiger partial charge in [0.2, 0.25) is 0 Å². The topological polar surface area (TPSA) is 40.5 Å². The van der Waals surface area contributed by atoms with Gasteiger partial charge >= 0.3 is 0 Å². The van der Waals surface area contributed by atoms with E-state index in [2.05, 4.69) is 12.6 Å². The van der Waals surface area contributed by atoms with Gasteiger partial charge in [0, 0.05) is 18.0 Å². The summed E-state index contributed by atoms with van der Waals surface area (Å²) in [5.74, 6) is -0.857. The molecule has 1 aliphatic heterocycles. The summed E-state index contributed by atoms with van der Waals surface area (Å²) >= 11 is 4.13.